The highest BCUT2D eigenvalue weighted by molar-refractivity contribution is 5.25. The maximum atomic E-state index is 5.81. The molecule has 4 heteroatoms. The average Bonchev–Trinajstić information content (AvgIpc) is 2.42. The fraction of sp³-hybridized carbons (Fsp3) is 0.688. The molecule has 0 aliphatic carbocycles. The van der Waals surface area contributed by atoms with Crippen LogP contribution in [0.15, 0.2) is 12.1 Å². The zero-order valence-corrected chi connectivity index (χ0v) is 13.5. The van der Waals surface area contributed by atoms with E-state index in [2.05, 4.69) is 44.5 Å². The Morgan fingerprint density at radius 3 is 2.35 bits per heavy atom. The van der Waals surface area contributed by atoms with Gasteiger partial charge in [-0.1, -0.05) is 6.92 Å². The van der Waals surface area contributed by atoms with Gasteiger partial charge in [-0.25, -0.2) is 4.98 Å². The number of ether oxygens (including phenoxy) is 1. The predicted molar refractivity (Wildman–Crippen MR) is 84.0 cm³/mol. The summed E-state index contributed by atoms with van der Waals surface area (Å²) >= 11 is 0. The van der Waals surface area contributed by atoms with E-state index in [-0.39, 0.29) is 0 Å². The summed E-state index contributed by atoms with van der Waals surface area (Å²) in [6.07, 6.45) is 0.897. The number of hydrogen-bond donors (Lipinski definition) is 1. The number of aryl methyl sites for hydroxylation is 1. The van der Waals surface area contributed by atoms with Crippen molar-refractivity contribution < 1.29 is 4.74 Å². The van der Waals surface area contributed by atoms with Crippen molar-refractivity contribution in [1.29, 1.82) is 0 Å². The van der Waals surface area contributed by atoms with Gasteiger partial charge in [-0.15, -0.1) is 0 Å². The quantitative estimate of drug-likeness (QED) is 0.794. The molecule has 0 amide bonds. The molecule has 0 aromatic carbocycles. The van der Waals surface area contributed by atoms with Crippen LogP contribution in [0.25, 0.3) is 0 Å². The molecule has 0 aliphatic heterocycles. The van der Waals surface area contributed by atoms with Crippen LogP contribution in [0.5, 0.6) is 5.88 Å². The standard InChI is InChI=1S/C16H29N3O/c1-6-15-9-14(11-17)10-16(18-15)20-8-7-19(12(2)3)13(4)5/h9-10,12-13H,6-8,11,17H2,1-5H3. The smallest absolute Gasteiger partial charge is 0.213 e. The van der Waals surface area contributed by atoms with Gasteiger partial charge in [-0.3, -0.25) is 4.90 Å². The molecule has 2 N–H and O–H groups in total. The summed E-state index contributed by atoms with van der Waals surface area (Å²) in [6.45, 7) is 13.0. The molecule has 114 valence electrons. The third-order valence-corrected chi connectivity index (χ3v) is 3.44. The number of nitrogens with two attached hydrogens (primary N) is 1. The number of nitrogens with zero attached hydrogens (tertiary/aromatic N) is 2. The van der Waals surface area contributed by atoms with E-state index in [1.807, 2.05) is 12.1 Å². The van der Waals surface area contributed by atoms with Crippen LogP contribution in [0, 0.1) is 0 Å². The van der Waals surface area contributed by atoms with Crippen LogP contribution in [0.3, 0.4) is 0 Å². The van der Waals surface area contributed by atoms with Crippen LogP contribution >= 0.6 is 0 Å². The Labute approximate surface area is 123 Å². The molecule has 0 radical (unpaired) electrons. The van der Waals surface area contributed by atoms with Gasteiger partial charge in [-0.2, -0.15) is 0 Å². The van der Waals surface area contributed by atoms with Gasteiger partial charge >= 0.3 is 0 Å². The average molecular weight is 279 g/mol. The fourth-order valence-corrected chi connectivity index (χ4v) is 2.36. The second kappa shape index (κ2) is 8.22. The van der Waals surface area contributed by atoms with Crippen LogP contribution in [0.4, 0.5) is 0 Å². The molecule has 20 heavy (non-hydrogen) atoms. The Balaban J connectivity index is 2.61. The lowest BCUT2D eigenvalue weighted by molar-refractivity contribution is 0.140. The molecule has 0 aliphatic rings. The summed E-state index contributed by atoms with van der Waals surface area (Å²) in [6, 6.07) is 5.02. The Bertz CT molecular complexity index is 374. The zero-order chi connectivity index (χ0) is 15.1. The van der Waals surface area contributed by atoms with Crippen molar-refractivity contribution in [3.63, 3.8) is 0 Å². The normalized spacial score (nSPS) is 11.7. The van der Waals surface area contributed by atoms with Crippen LogP contribution in [0.1, 0.15) is 45.9 Å². The van der Waals surface area contributed by atoms with Crippen molar-refractivity contribution in [2.24, 2.45) is 5.73 Å². The fourth-order valence-electron chi connectivity index (χ4n) is 2.36. The summed E-state index contributed by atoms with van der Waals surface area (Å²) in [5.74, 6) is 0.692. The highest BCUT2D eigenvalue weighted by Crippen LogP contribution is 2.13. The van der Waals surface area contributed by atoms with Crippen LogP contribution < -0.4 is 10.5 Å². The molecule has 0 atom stereocenters. The van der Waals surface area contributed by atoms with E-state index in [9.17, 15) is 0 Å². The molecule has 1 rings (SSSR count). The third kappa shape index (κ3) is 5.10. The lowest BCUT2D eigenvalue weighted by Gasteiger charge is -2.30. The van der Waals surface area contributed by atoms with Crippen molar-refractivity contribution in [2.45, 2.75) is 59.7 Å². The lowest BCUT2D eigenvalue weighted by atomic mass is 10.2. The SMILES string of the molecule is CCc1cc(CN)cc(OCCN(C(C)C)C(C)C)n1. The molecule has 0 bridgehead atoms. The highest BCUT2D eigenvalue weighted by Gasteiger charge is 2.13. The molecular weight excluding hydrogens is 250 g/mol. The summed E-state index contributed by atoms with van der Waals surface area (Å²) in [5.41, 5.74) is 7.82. The van der Waals surface area contributed by atoms with Crippen molar-refractivity contribution >= 4 is 0 Å². The van der Waals surface area contributed by atoms with Crippen molar-refractivity contribution in [2.75, 3.05) is 13.2 Å². The number of pyridine rings is 1. The maximum Gasteiger partial charge on any atom is 0.213 e. The van der Waals surface area contributed by atoms with Gasteiger partial charge in [-0.05, 0) is 45.7 Å². The molecule has 1 aromatic rings. The molecule has 0 saturated carbocycles. The van der Waals surface area contributed by atoms with Gasteiger partial charge in [0.25, 0.3) is 0 Å². The zero-order valence-electron chi connectivity index (χ0n) is 13.5. The van der Waals surface area contributed by atoms with Gasteiger partial charge < -0.3 is 10.5 Å². The lowest BCUT2D eigenvalue weighted by Crippen LogP contribution is -2.39. The van der Waals surface area contributed by atoms with E-state index in [1.54, 1.807) is 0 Å². The monoisotopic (exact) mass is 279 g/mol. The van der Waals surface area contributed by atoms with E-state index in [1.165, 1.54) is 0 Å². The number of aromatic nitrogens is 1. The first-order valence-corrected chi connectivity index (χ1v) is 7.56. The van der Waals surface area contributed by atoms with Gasteiger partial charge in [0.2, 0.25) is 5.88 Å². The largest absolute Gasteiger partial charge is 0.476 e. The minimum absolute atomic E-state index is 0.521. The summed E-state index contributed by atoms with van der Waals surface area (Å²) < 4.78 is 5.81. The third-order valence-electron chi connectivity index (χ3n) is 3.44. The topological polar surface area (TPSA) is 51.4 Å². The first kappa shape index (κ1) is 16.9. The second-order valence-electron chi connectivity index (χ2n) is 5.64. The van der Waals surface area contributed by atoms with Crippen molar-refractivity contribution in [3.8, 4) is 5.88 Å². The van der Waals surface area contributed by atoms with Crippen LogP contribution in [-0.2, 0) is 13.0 Å². The van der Waals surface area contributed by atoms with Gasteiger partial charge in [0, 0.05) is 36.9 Å². The molecule has 0 spiro atoms. The Morgan fingerprint density at radius 1 is 1.20 bits per heavy atom. The second-order valence-corrected chi connectivity index (χ2v) is 5.64. The predicted octanol–water partition coefficient (Wildman–Crippen LogP) is 2.60. The summed E-state index contributed by atoms with van der Waals surface area (Å²) in [4.78, 5) is 6.90. The van der Waals surface area contributed by atoms with Gasteiger partial charge in [0.15, 0.2) is 0 Å². The Hall–Kier alpha value is -1.13. The van der Waals surface area contributed by atoms with Crippen molar-refractivity contribution in [3.05, 3.63) is 23.4 Å². The molecule has 1 aromatic heterocycles. The van der Waals surface area contributed by atoms with Gasteiger partial charge in [0.05, 0.1) is 0 Å². The molecule has 4 nitrogen and oxygen atoms in total. The molecule has 0 saturated heterocycles. The molecule has 0 fully saturated rings. The minimum atomic E-state index is 0.521. The summed E-state index contributed by atoms with van der Waals surface area (Å²) in [7, 11) is 0. The van der Waals surface area contributed by atoms with Gasteiger partial charge in [0.1, 0.15) is 6.61 Å². The first-order chi connectivity index (χ1) is 9.47. The van der Waals surface area contributed by atoms with E-state index in [4.69, 9.17) is 10.5 Å². The molecule has 0 unspecified atom stereocenters. The van der Waals surface area contributed by atoms with E-state index in [0.717, 1.165) is 24.2 Å². The van der Waals surface area contributed by atoms with E-state index in [0.29, 0.717) is 31.1 Å². The highest BCUT2D eigenvalue weighted by atomic mass is 16.5. The van der Waals surface area contributed by atoms with Crippen LogP contribution in [-0.4, -0.2) is 35.1 Å². The maximum absolute atomic E-state index is 5.81. The Kier molecular flexibility index (Phi) is 6.96. The Morgan fingerprint density at radius 2 is 1.85 bits per heavy atom. The van der Waals surface area contributed by atoms with E-state index >= 15 is 0 Å². The molecular formula is C16H29N3O. The number of rotatable bonds is 8. The van der Waals surface area contributed by atoms with Crippen molar-refractivity contribution in [1.82, 2.24) is 9.88 Å². The minimum Gasteiger partial charge on any atom is -0.476 e. The number of hydrogen-bond acceptors (Lipinski definition) is 4. The molecule has 1 heterocycles. The van der Waals surface area contributed by atoms with Crippen LogP contribution in [0.2, 0.25) is 0 Å². The summed E-state index contributed by atoms with van der Waals surface area (Å²) in [5, 5.41) is 0. The first-order valence-electron chi connectivity index (χ1n) is 7.56. The van der Waals surface area contributed by atoms with E-state index < -0.39 is 0 Å².